The number of rotatable bonds is 3. The van der Waals surface area contributed by atoms with Crippen molar-refractivity contribution in [3.63, 3.8) is 0 Å². The molecule has 0 aliphatic carbocycles. The second-order valence-corrected chi connectivity index (χ2v) is 4.62. The molecule has 0 N–H and O–H groups in total. The summed E-state index contributed by atoms with van der Waals surface area (Å²) < 4.78 is 19.4. The van der Waals surface area contributed by atoms with E-state index in [2.05, 4.69) is 25.9 Å². The zero-order valence-electron chi connectivity index (χ0n) is 10.1. The fourth-order valence-electron chi connectivity index (χ4n) is 1.45. The summed E-state index contributed by atoms with van der Waals surface area (Å²) in [6.07, 6.45) is 0.720. The van der Waals surface area contributed by atoms with Crippen molar-refractivity contribution in [1.29, 1.82) is 0 Å². The lowest BCUT2D eigenvalue weighted by molar-refractivity contribution is 0.455. The highest BCUT2D eigenvalue weighted by Gasteiger charge is 2.05. The van der Waals surface area contributed by atoms with Crippen LogP contribution in [0, 0.1) is 12.7 Å². The molecule has 0 atom stereocenters. The van der Waals surface area contributed by atoms with Gasteiger partial charge < -0.3 is 4.74 Å². The summed E-state index contributed by atoms with van der Waals surface area (Å²) in [6.45, 7) is 3.66. The van der Waals surface area contributed by atoms with E-state index in [1.807, 2.05) is 6.92 Å². The van der Waals surface area contributed by atoms with Crippen molar-refractivity contribution in [2.45, 2.75) is 20.3 Å². The molecule has 18 heavy (non-hydrogen) atoms. The van der Waals surface area contributed by atoms with Crippen LogP contribution >= 0.6 is 15.9 Å². The molecule has 1 aromatic carbocycles. The summed E-state index contributed by atoms with van der Waals surface area (Å²) in [7, 11) is 0. The third kappa shape index (κ3) is 3.04. The summed E-state index contributed by atoms with van der Waals surface area (Å²) >= 11 is 3.30. The third-order valence-electron chi connectivity index (χ3n) is 2.39. The van der Waals surface area contributed by atoms with Gasteiger partial charge in [0.2, 0.25) is 5.88 Å². The van der Waals surface area contributed by atoms with E-state index in [0.29, 0.717) is 27.6 Å². The molecule has 0 radical (unpaired) electrons. The molecule has 0 aliphatic rings. The molecular formula is C13H12BrFN2O. The highest BCUT2D eigenvalue weighted by Crippen LogP contribution is 2.23. The van der Waals surface area contributed by atoms with Gasteiger partial charge in [0.05, 0.1) is 0 Å². The van der Waals surface area contributed by atoms with Crippen molar-refractivity contribution in [3.8, 4) is 11.6 Å². The van der Waals surface area contributed by atoms with Gasteiger partial charge in [-0.15, -0.1) is 0 Å². The molecule has 5 heteroatoms. The van der Waals surface area contributed by atoms with Crippen LogP contribution < -0.4 is 4.74 Å². The van der Waals surface area contributed by atoms with Gasteiger partial charge >= 0.3 is 0 Å². The predicted octanol–water partition coefficient (Wildman–Crippen LogP) is 4.04. The van der Waals surface area contributed by atoms with Crippen LogP contribution in [0.2, 0.25) is 0 Å². The molecule has 0 fully saturated rings. The van der Waals surface area contributed by atoms with E-state index in [0.717, 1.165) is 6.42 Å². The number of aromatic nitrogens is 2. The molecule has 94 valence electrons. The fourth-order valence-corrected chi connectivity index (χ4v) is 1.85. The summed E-state index contributed by atoms with van der Waals surface area (Å²) in [6, 6.07) is 6.26. The van der Waals surface area contributed by atoms with Crippen molar-refractivity contribution < 1.29 is 9.13 Å². The van der Waals surface area contributed by atoms with Crippen LogP contribution in [0.1, 0.15) is 18.3 Å². The maximum absolute atomic E-state index is 13.1. The van der Waals surface area contributed by atoms with Crippen molar-refractivity contribution in [2.75, 3.05) is 0 Å². The topological polar surface area (TPSA) is 35.0 Å². The molecule has 3 nitrogen and oxygen atoms in total. The van der Waals surface area contributed by atoms with Crippen molar-refractivity contribution >= 4 is 15.9 Å². The minimum absolute atomic E-state index is 0.250. The summed E-state index contributed by atoms with van der Waals surface area (Å²) in [5.41, 5.74) is 0.538. The first-order chi connectivity index (χ1) is 8.58. The van der Waals surface area contributed by atoms with Crippen LogP contribution in [0.25, 0.3) is 0 Å². The molecule has 0 bridgehead atoms. The van der Waals surface area contributed by atoms with Crippen molar-refractivity contribution in [1.82, 2.24) is 9.97 Å². The SMILES string of the molecule is CCc1nc(Br)cc(Oc2ccc(F)c(C)c2)n1. The first-order valence-electron chi connectivity index (χ1n) is 5.56. The number of hydrogen-bond donors (Lipinski definition) is 0. The van der Waals surface area contributed by atoms with Gasteiger partial charge in [-0.05, 0) is 46.6 Å². The molecule has 1 heterocycles. The number of aryl methyl sites for hydroxylation is 2. The highest BCUT2D eigenvalue weighted by molar-refractivity contribution is 9.10. The zero-order valence-corrected chi connectivity index (χ0v) is 11.7. The van der Waals surface area contributed by atoms with Crippen LogP contribution in [0.4, 0.5) is 4.39 Å². The normalized spacial score (nSPS) is 10.4. The Bertz CT molecular complexity index is 575. The monoisotopic (exact) mass is 310 g/mol. The standard InChI is InChI=1S/C13H12BrFN2O/c1-3-12-16-11(14)7-13(17-12)18-9-4-5-10(15)8(2)6-9/h4-7H,3H2,1-2H3. The molecule has 0 amide bonds. The smallest absolute Gasteiger partial charge is 0.223 e. The molecule has 2 rings (SSSR count). The van der Waals surface area contributed by atoms with Crippen molar-refractivity contribution in [3.05, 3.63) is 46.1 Å². The molecule has 0 spiro atoms. The molecule has 0 saturated carbocycles. The van der Waals surface area contributed by atoms with E-state index in [1.165, 1.54) is 6.07 Å². The van der Waals surface area contributed by atoms with Gasteiger partial charge in [-0.2, -0.15) is 4.98 Å². The maximum atomic E-state index is 13.1. The maximum Gasteiger partial charge on any atom is 0.223 e. The average Bonchev–Trinajstić information content (AvgIpc) is 2.33. The van der Waals surface area contributed by atoms with Crippen LogP contribution in [0.15, 0.2) is 28.9 Å². The fraction of sp³-hybridized carbons (Fsp3) is 0.231. The molecule has 0 unspecified atom stereocenters. The van der Waals surface area contributed by atoms with Crippen LogP contribution in [-0.2, 0) is 6.42 Å². The summed E-state index contributed by atoms with van der Waals surface area (Å²) in [5, 5.41) is 0. The molecule has 1 aromatic heterocycles. The second-order valence-electron chi connectivity index (χ2n) is 3.81. The predicted molar refractivity (Wildman–Crippen MR) is 70.3 cm³/mol. The van der Waals surface area contributed by atoms with Crippen LogP contribution in [0.5, 0.6) is 11.6 Å². The number of nitrogens with zero attached hydrogens (tertiary/aromatic N) is 2. The van der Waals surface area contributed by atoms with E-state index in [-0.39, 0.29) is 5.82 Å². The van der Waals surface area contributed by atoms with Gasteiger partial charge in [0, 0.05) is 12.5 Å². The number of halogens is 2. The minimum atomic E-state index is -0.250. The zero-order chi connectivity index (χ0) is 13.1. The molecule has 2 aromatic rings. The van der Waals surface area contributed by atoms with E-state index < -0.39 is 0 Å². The quantitative estimate of drug-likeness (QED) is 0.802. The van der Waals surface area contributed by atoms with Crippen molar-refractivity contribution in [2.24, 2.45) is 0 Å². The second kappa shape index (κ2) is 5.44. The average molecular weight is 311 g/mol. The lowest BCUT2D eigenvalue weighted by Gasteiger charge is -2.07. The van der Waals surface area contributed by atoms with Gasteiger partial charge in [0.1, 0.15) is 22.0 Å². The first kappa shape index (κ1) is 13.0. The molecule has 0 aliphatic heterocycles. The van der Waals surface area contributed by atoms with E-state index in [4.69, 9.17) is 4.74 Å². The number of benzene rings is 1. The van der Waals surface area contributed by atoms with Gasteiger partial charge in [-0.3, -0.25) is 0 Å². The lowest BCUT2D eigenvalue weighted by Crippen LogP contribution is -1.97. The van der Waals surface area contributed by atoms with Gasteiger partial charge in [0.15, 0.2) is 0 Å². The highest BCUT2D eigenvalue weighted by atomic mass is 79.9. The van der Waals surface area contributed by atoms with Gasteiger partial charge in [-0.25, -0.2) is 9.37 Å². The lowest BCUT2D eigenvalue weighted by atomic mass is 10.2. The summed E-state index contributed by atoms with van der Waals surface area (Å²) in [4.78, 5) is 8.43. The Morgan fingerprint density at radius 2 is 2.06 bits per heavy atom. The van der Waals surface area contributed by atoms with Crippen LogP contribution in [0.3, 0.4) is 0 Å². The van der Waals surface area contributed by atoms with Crippen LogP contribution in [-0.4, -0.2) is 9.97 Å². The third-order valence-corrected chi connectivity index (χ3v) is 2.79. The summed E-state index contributed by atoms with van der Waals surface area (Å²) in [5.74, 6) is 1.44. The number of ether oxygens (including phenoxy) is 1. The van der Waals surface area contributed by atoms with Gasteiger partial charge in [-0.1, -0.05) is 6.92 Å². The first-order valence-corrected chi connectivity index (χ1v) is 6.35. The molecular weight excluding hydrogens is 299 g/mol. The Balaban J connectivity index is 2.27. The largest absolute Gasteiger partial charge is 0.439 e. The Labute approximate surface area is 113 Å². The Morgan fingerprint density at radius 3 is 2.72 bits per heavy atom. The minimum Gasteiger partial charge on any atom is -0.439 e. The van der Waals surface area contributed by atoms with Gasteiger partial charge in [0.25, 0.3) is 0 Å². The van der Waals surface area contributed by atoms with E-state index >= 15 is 0 Å². The Hall–Kier alpha value is -1.49. The Kier molecular flexibility index (Phi) is 3.91. The number of hydrogen-bond acceptors (Lipinski definition) is 3. The van der Waals surface area contributed by atoms with E-state index in [9.17, 15) is 4.39 Å². The Morgan fingerprint density at radius 1 is 1.28 bits per heavy atom. The van der Waals surface area contributed by atoms with E-state index in [1.54, 1.807) is 25.1 Å². The molecule has 0 saturated heterocycles.